The third kappa shape index (κ3) is 4.90. The maximum absolute atomic E-state index is 9.45. The van der Waals surface area contributed by atoms with Crippen LogP contribution >= 0.6 is 0 Å². The number of rotatable bonds is 5. The van der Waals surface area contributed by atoms with Crippen LogP contribution in [0.25, 0.3) is 89.2 Å². The van der Waals surface area contributed by atoms with Gasteiger partial charge in [0.1, 0.15) is 22.3 Å². The summed E-state index contributed by atoms with van der Waals surface area (Å²) < 4.78 is 13.2. The van der Waals surface area contributed by atoms with E-state index in [1.807, 2.05) is 66.7 Å². The standard InChI is InChI=1S/C50H36N4O2/c51-28-29-12-14-33(15-13-29)36-6-1-2-8-41(36)49-53-47(34-16-18-38-37-7-3-4-11-43(37)55-44(38)23-34)52-48(54-49)35-17-19-39-40-9-5-10-42(46(40)56-45(39)24-35)50-25-30-20-31(26-50)22-32(21-30)27-50/h1-19,23-24,30-32H,20-22,25-27H2/t30-,31+,32-,50?. The number of nitriles is 1. The van der Waals surface area contributed by atoms with E-state index in [1.54, 1.807) is 0 Å². The van der Waals surface area contributed by atoms with E-state index < -0.39 is 0 Å². The highest BCUT2D eigenvalue weighted by atomic mass is 16.3. The molecule has 56 heavy (non-hydrogen) atoms. The maximum atomic E-state index is 9.45. The summed E-state index contributed by atoms with van der Waals surface area (Å²) in [5.74, 6) is 4.24. The van der Waals surface area contributed by atoms with Gasteiger partial charge in [-0.15, -0.1) is 0 Å². The summed E-state index contributed by atoms with van der Waals surface area (Å²) in [7, 11) is 0. The second-order valence-corrected chi connectivity index (χ2v) is 16.5. The number of aromatic nitrogens is 3. The van der Waals surface area contributed by atoms with Crippen LogP contribution in [0.15, 0.2) is 136 Å². The Hall–Kier alpha value is -6.58. The molecule has 0 saturated heterocycles. The van der Waals surface area contributed by atoms with Crippen LogP contribution in [0, 0.1) is 29.1 Å². The summed E-state index contributed by atoms with van der Waals surface area (Å²) in [4.78, 5) is 15.5. The van der Waals surface area contributed by atoms with Gasteiger partial charge in [0.25, 0.3) is 0 Å². The molecule has 0 N–H and O–H groups in total. The minimum absolute atomic E-state index is 0.228. The molecule has 0 unspecified atom stereocenters. The van der Waals surface area contributed by atoms with E-state index in [0.29, 0.717) is 23.0 Å². The lowest BCUT2D eigenvalue weighted by molar-refractivity contribution is -0.00485. The zero-order chi connectivity index (χ0) is 37.0. The Morgan fingerprint density at radius 2 is 1.05 bits per heavy atom. The lowest BCUT2D eigenvalue weighted by atomic mass is 9.48. The second kappa shape index (κ2) is 12.0. The fraction of sp³-hybridized carbons (Fsp3) is 0.200. The van der Waals surface area contributed by atoms with Gasteiger partial charge in [0.2, 0.25) is 0 Å². The predicted molar refractivity (Wildman–Crippen MR) is 221 cm³/mol. The van der Waals surface area contributed by atoms with E-state index in [1.165, 1.54) is 49.5 Å². The zero-order valence-corrected chi connectivity index (χ0v) is 30.7. The van der Waals surface area contributed by atoms with Crippen LogP contribution in [0.2, 0.25) is 0 Å². The van der Waals surface area contributed by atoms with Gasteiger partial charge in [-0.3, -0.25) is 0 Å². The van der Waals surface area contributed by atoms with Crippen molar-refractivity contribution in [3.05, 3.63) is 139 Å². The molecule has 3 aromatic heterocycles. The minimum Gasteiger partial charge on any atom is -0.456 e. The average Bonchev–Trinajstić information content (AvgIpc) is 3.81. The Bertz CT molecular complexity index is 3060. The lowest BCUT2D eigenvalue weighted by Gasteiger charge is -2.57. The van der Waals surface area contributed by atoms with Gasteiger partial charge in [-0.1, -0.05) is 84.9 Å². The molecule has 6 heteroatoms. The third-order valence-electron chi connectivity index (χ3n) is 13.1. The Kier molecular flexibility index (Phi) is 6.78. The highest BCUT2D eigenvalue weighted by molar-refractivity contribution is 6.07. The fourth-order valence-electron chi connectivity index (χ4n) is 11.1. The van der Waals surface area contributed by atoms with E-state index in [-0.39, 0.29) is 5.41 Å². The SMILES string of the molecule is N#Cc1ccc(-c2ccccc2-c2nc(-c3ccc4c(c3)oc3ccccc34)nc(-c3ccc4c(c3)oc3c(C56C[C@H]7C[C@@H](C5)C[C@@H](C6)C7)cccc34)n2)cc1. The van der Waals surface area contributed by atoms with Crippen LogP contribution in [0.1, 0.15) is 49.7 Å². The molecular weight excluding hydrogens is 689 g/mol. The quantitative estimate of drug-likeness (QED) is 0.176. The molecule has 9 aromatic rings. The van der Waals surface area contributed by atoms with Crippen LogP contribution in [-0.2, 0) is 5.41 Å². The fourth-order valence-corrected chi connectivity index (χ4v) is 11.1. The molecule has 0 aliphatic heterocycles. The Labute approximate surface area is 323 Å². The highest BCUT2D eigenvalue weighted by Gasteiger charge is 2.52. The number of hydrogen-bond donors (Lipinski definition) is 0. The summed E-state index contributed by atoms with van der Waals surface area (Å²) in [6, 6.07) is 45.5. The first-order valence-corrected chi connectivity index (χ1v) is 19.8. The van der Waals surface area contributed by atoms with Gasteiger partial charge >= 0.3 is 0 Å². The van der Waals surface area contributed by atoms with Gasteiger partial charge in [0, 0.05) is 43.8 Å². The minimum atomic E-state index is 0.228. The van der Waals surface area contributed by atoms with E-state index in [0.717, 1.165) is 84.1 Å². The number of nitrogens with zero attached hydrogens (tertiary/aromatic N) is 4. The van der Waals surface area contributed by atoms with Crippen LogP contribution in [-0.4, -0.2) is 15.0 Å². The number of fused-ring (bicyclic) bond motifs is 6. The smallest absolute Gasteiger partial charge is 0.164 e. The van der Waals surface area contributed by atoms with Crippen molar-refractivity contribution in [2.45, 2.75) is 43.9 Å². The molecule has 4 fully saturated rings. The van der Waals surface area contributed by atoms with Gasteiger partial charge in [0.15, 0.2) is 17.5 Å². The number of hydrogen-bond acceptors (Lipinski definition) is 6. The van der Waals surface area contributed by atoms with Gasteiger partial charge in [-0.25, -0.2) is 15.0 Å². The molecule has 4 saturated carbocycles. The van der Waals surface area contributed by atoms with E-state index >= 15 is 0 Å². The molecule has 0 atom stereocenters. The summed E-state index contributed by atoms with van der Waals surface area (Å²) >= 11 is 0. The van der Waals surface area contributed by atoms with Crippen molar-refractivity contribution in [3.8, 4) is 51.4 Å². The van der Waals surface area contributed by atoms with Crippen LogP contribution in [0.4, 0.5) is 0 Å². The maximum Gasteiger partial charge on any atom is 0.164 e. The Morgan fingerprint density at radius 1 is 0.500 bits per heavy atom. The topological polar surface area (TPSA) is 88.7 Å². The van der Waals surface area contributed by atoms with Crippen molar-refractivity contribution in [1.29, 1.82) is 5.26 Å². The van der Waals surface area contributed by atoms with Crippen LogP contribution in [0.3, 0.4) is 0 Å². The Morgan fingerprint density at radius 3 is 1.75 bits per heavy atom. The highest BCUT2D eigenvalue weighted by Crippen LogP contribution is 2.61. The van der Waals surface area contributed by atoms with Crippen molar-refractivity contribution >= 4 is 43.9 Å². The predicted octanol–water partition coefficient (Wildman–Crippen LogP) is 12.7. The normalized spacial score (nSPS) is 21.4. The first-order valence-electron chi connectivity index (χ1n) is 19.8. The largest absolute Gasteiger partial charge is 0.456 e. The molecule has 13 rings (SSSR count). The molecule has 4 aliphatic rings. The molecular formula is C50H36N4O2. The van der Waals surface area contributed by atoms with Crippen LogP contribution in [0.5, 0.6) is 0 Å². The molecule has 0 radical (unpaired) electrons. The monoisotopic (exact) mass is 724 g/mol. The first-order chi connectivity index (χ1) is 27.6. The molecule has 0 spiro atoms. The van der Waals surface area contributed by atoms with Crippen molar-refractivity contribution in [2.75, 3.05) is 0 Å². The molecule has 6 nitrogen and oxygen atoms in total. The summed E-state index contributed by atoms with van der Waals surface area (Å²) in [6.07, 6.45) is 8.12. The van der Waals surface area contributed by atoms with E-state index in [9.17, 15) is 5.26 Å². The zero-order valence-electron chi connectivity index (χ0n) is 30.7. The lowest BCUT2D eigenvalue weighted by Crippen LogP contribution is -2.48. The number of para-hydroxylation sites is 2. The Balaban J connectivity index is 1.02. The molecule has 4 aliphatic carbocycles. The van der Waals surface area contributed by atoms with Crippen molar-refractivity contribution in [2.24, 2.45) is 17.8 Å². The third-order valence-corrected chi connectivity index (χ3v) is 13.1. The van der Waals surface area contributed by atoms with Gasteiger partial charge in [0.05, 0.1) is 11.6 Å². The van der Waals surface area contributed by atoms with Crippen LogP contribution < -0.4 is 0 Å². The number of furan rings is 2. The van der Waals surface area contributed by atoms with Crippen molar-refractivity contribution in [1.82, 2.24) is 15.0 Å². The van der Waals surface area contributed by atoms with E-state index in [4.69, 9.17) is 23.8 Å². The number of benzene rings is 6. The molecule has 6 aromatic carbocycles. The molecule has 4 bridgehead atoms. The van der Waals surface area contributed by atoms with Gasteiger partial charge in [-0.2, -0.15) is 5.26 Å². The van der Waals surface area contributed by atoms with Gasteiger partial charge in [-0.05, 0) is 115 Å². The van der Waals surface area contributed by atoms with E-state index in [2.05, 4.69) is 66.7 Å². The molecule has 0 amide bonds. The summed E-state index contributed by atoms with van der Waals surface area (Å²) in [6.45, 7) is 0. The average molecular weight is 725 g/mol. The molecule has 268 valence electrons. The van der Waals surface area contributed by atoms with Gasteiger partial charge < -0.3 is 8.83 Å². The molecule has 3 heterocycles. The van der Waals surface area contributed by atoms with Crippen molar-refractivity contribution in [3.63, 3.8) is 0 Å². The summed E-state index contributed by atoms with van der Waals surface area (Å²) in [5, 5.41) is 13.9. The second-order valence-electron chi connectivity index (χ2n) is 16.5. The van der Waals surface area contributed by atoms with Crippen molar-refractivity contribution < 1.29 is 8.83 Å². The summed E-state index contributed by atoms with van der Waals surface area (Å²) in [5.41, 5.74) is 10.3. The first kappa shape index (κ1) is 31.7.